The Bertz CT molecular complexity index is 681. The average Bonchev–Trinajstić information content (AvgIpc) is 2.58. The van der Waals surface area contributed by atoms with Gasteiger partial charge in [-0.25, -0.2) is 4.79 Å². The van der Waals surface area contributed by atoms with Crippen LogP contribution in [-0.4, -0.2) is 46.7 Å². The number of aliphatic hydroxyl groups is 1. The Labute approximate surface area is 168 Å². The Hall–Kier alpha value is -2.08. The minimum absolute atomic E-state index is 0.145. The number of carbonyl (C=O) groups excluding carboxylic acids is 2. The minimum atomic E-state index is -0.923. The van der Waals surface area contributed by atoms with E-state index in [9.17, 15) is 14.7 Å². The summed E-state index contributed by atoms with van der Waals surface area (Å²) in [5.74, 6) is -0.145. The van der Waals surface area contributed by atoms with Crippen LogP contribution in [0.25, 0.3) is 0 Å². The van der Waals surface area contributed by atoms with E-state index < -0.39 is 28.8 Å². The highest BCUT2D eigenvalue weighted by molar-refractivity contribution is 5.86. The average molecular weight is 391 g/mol. The number of likely N-dealkylation sites (tertiary alicyclic amines) is 1. The first-order valence-corrected chi connectivity index (χ1v) is 9.88. The molecule has 0 radical (unpaired) electrons. The second-order valence-electron chi connectivity index (χ2n) is 9.67. The van der Waals surface area contributed by atoms with Gasteiger partial charge in [0, 0.05) is 13.1 Å². The zero-order chi connectivity index (χ0) is 21.2. The molecule has 1 aliphatic heterocycles. The van der Waals surface area contributed by atoms with Crippen LogP contribution in [0.4, 0.5) is 4.79 Å². The fraction of sp³-hybridized carbons (Fsp3) is 0.636. The van der Waals surface area contributed by atoms with Gasteiger partial charge in [-0.05, 0) is 44.6 Å². The molecule has 6 heteroatoms. The van der Waals surface area contributed by atoms with Gasteiger partial charge in [-0.3, -0.25) is 4.79 Å². The molecule has 1 atom stereocenters. The van der Waals surface area contributed by atoms with Crippen LogP contribution in [0.5, 0.6) is 0 Å². The van der Waals surface area contributed by atoms with Gasteiger partial charge in [-0.1, -0.05) is 51.1 Å². The SMILES string of the molecule is CC(C)(C)OC(=O)N[C@@H](C(=O)N1CCC(O)(c2ccccc2)CC1)C(C)(C)C. The molecule has 28 heavy (non-hydrogen) atoms. The largest absolute Gasteiger partial charge is 0.444 e. The van der Waals surface area contributed by atoms with Crippen LogP contribution < -0.4 is 5.32 Å². The van der Waals surface area contributed by atoms with Gasteiger partial charge < -0.3 is 20.1 Å². The highest BCUT2D eigenvalue weighted by Crippen LogP contribution is 2.33. The summed E-state index contributed by atoms with van der Waals surface area (Å²) < 4.78 is 5.33. The first-order chi connectivity index (χ1) is 12.8. The monoisotopic (exact) mass is 390 g/mol. The summed E-state index contributed by atoms with van der Waals surface area (Å²) in [5, 5.41) is 13.7. The van der Waals surface area contributed by atoms with Crippen LogP contribution >= 0.6 is 0 Å². The molecule has 1 aromatic carbocycles. The van der Waals surface area contributed by atoms with Crippen molar-refractivity contribution in [3.63, 3.8) is 0 Å². The molecule has 156 valence electrons. The van der Waals surface area contributed by atoms with E-state index in [1.165, 1.54) is 0 Å². The zero-order valence-corrected chi connectivity index (χ0v) is 17.9. The molecular weight excluding hydrogens is 356 g/mol. The Morgan fingerprint density at radius 1 is 1.07 bits per heavy atom. The lowest BCUT2D eigenvalue weighted by atomic mass is 9.82. The molecule has 0 aliphatic carbocycles. The highest BCUT2D eigenvalue weighted by atomic mass is 16.6. The zero-order valence-electron chi connectivity index (χ0n) is 17.9. The summed E-state index contributed by atoms with van der Waals surface area (Å²) in [7, 11) is 0. The normalized spacial score (nSPS) is 18.3. The number of piperidine rings is 1. The van der Waals surface area contributed by atoms with E-state index in [1.54, 1.807) is 25.7 Å². The van der Waals surface area contributed by atoms with Crippen LogP contribution in [0.1, 0.15) is 59.9 Å². The smallest absolute Gasteiger partial charge is 0.408 e. The van der Waals surface area contributed by atoms with Gasteiger partial charge in [-0.2, -0.15) is 0 Å². The van der Waals surface area contributed by atoms with Gasteiger partial charge >= 0.3 is 6.09 Å². The first-order valence-electron chi connectivity index (χ1n) is 9.88. The van der Waals surface area contributed by atoms with Crippen molar-refractivity contribution in [2.45, 2.75) is 71.6 Å². The van der Waals surface area contributed by atoms with E-state index in [0.717, 1.165) is 5.56 Å². The lowest BCUT2D eigenvalue weighted by Gasteiger charge is -2.41. The maximum atomic E-state index is 13.2. The number of ether oxygens (including phenoxy) is 1. The van der Waals surface area contributed by atoms with Crippen molar-refractivity contribution in [2.75, 3.05) is 13.1 Å². The topological polar surface area (TPSA) is 78.9 Å². The Balaban J connectivity index is 2.07. The van der Waals surface area contributed by atoms with Crippen LogP contribution in [0.15, 0.2) is 30.3 Å². The van der Waals surface area contributed by atoms with Crippen molar-refractivity contribution in [3.05, 3.63) is 35.9 Å². The maximum Gasteiger partial charge on any atom is 0.408 e. The van der Waals surface area contributed by atoms with Gasteiger partial charge in [0.05, 0.1) is 5.60 Å². The molecule has 1 heterocycles. The van der Waals surface area contributed by atoms with Crippen molar-refractivity contribution in [3.8, 4) is 0 Å². The lowest BCUT2D eigenvalue weighted by Crippen LogP contribution is -2.57. The molecule has 0 saturated carbocycles. The van der Waals surface area contributed by atoms with E-state index in [-0.39, 0.29) is 5.91 Å². The van der Waals surface area contributed by atoms with Gasteiger partial charge in [0.1, 0.15) is 11.6 Å². The molecule has 1 fully saturated rings. The molecule has 1 aliphatic rings. The van der Waals surface area contributed by atoms with Crippen molar-refractivity contribution in [1.29, 1.82) is 0 Å². The summed E-state index contributed by atoms with van der Waals surface area (Å²) in [6, 6.07) is 8.86. The van der Waals surface area contributed by atoms with E-state index in [4.69, 9.17) is 4.74 Å². The second kappa shape index (κ2) is 8.11. The number of rotatable bonds is 3. The van der Waals surface area contributed by atoms with Gasteiger partial charge in [0.2, 0.25) is 5.91 Å². The number of amides is 2. The summed E-state index contributed by atoms with van der Waals surface area (Å²) in [6.07, 6.45) is 0.330. The molecule has 2 amide bonds. The molecule has 0 bridgehead atoms. The maximum absolute atomic E-state index is 13.2. The Morgan fingerprint density at radius 3 is 2.07 bits per heavy atom. The fourth-order valence-electron chi connectivity index (χ4n) is 3.39. The van der Waals surface area contributed by atoms with Gasteiger partial charge in [0.15, 0.2) is 0 Å². The van der Waals surface area contributed by atoms with Crippen molar-refractivity contribution < 1.29 is 19.4 Å². The van der Waals surface area contributed by atoms with Crippen LogP contribution in [0.2, 0.25) is 0 Å². The van der Waals surface area contributed by atoms with Gasteiger partial charge in [0.25, 0.3) is 0 Å². The fourth-order valence-corrected chi connectivity index (χ4v) is 3.39. The molecule has 0 unspecified atom stereocenters. The van der Waals surface area contributed by atoms with E-state index in [2.05, 4.69) is 5.32 Å². The summed E-state index contributed by atoms with van der Waals surface area (Å²) in [4.78, 5) is 27.1. The van der Waals surface area contributed by atoms with E-state index in [0.29, 0.717) is 25.9 Å². The third-order valence-electron chi connectivity index (χ3n) is 4.99. The van der Waals surface area contributed by atoms with E-state index in [1.807, 2.05) is 51.1 Å². The molecule has 1 saturated heterocycles. The number of hydrogen-bond acceptors (Lipinski definition) is 4. The molecule has 6 nitrogen and oxygen atoms in total. The predicted molar refractivity (Wildman–Crippen MR) is 109 cm³/mol. The molecule has 1 aromatic rings. The van der Waals surface area contributed by atoms with Crippen molar-refractivity contribution in [1.82, 2.24) is 10.2 Å². The molecule has 2 N–H and O–H groups in total. The van der Waals surface area contributed by atoms with Crippen LogP contribution in [0.3, 0.4) is 0 Å². The first kappa shape index (κ1) is 22.2. The van der Waals surface area contributed by atoms with E-state index >= 15 is 0 Å². The number of benzene rings is 1. The standard InChI is InChI=1S/C22H34N2O4/c1-20(2,3)17(23-19(26)28-21(4,5)6)18(25)24-14-12-22(27,13-15-24)16-10-8-7-9-11-16/h7-11,17,27H,12-15H2,1-6H3,(H,23,26)/t17-/m0/s1. The second-order valence-corrected chi connectivity index (χ2v) is 9.67. The molecule has 0 spiro atoms. The summed E-state index contributed by atoms with van der Waals surface area (Å²) >= 11 is 0. The highest BCUT2D eigenvalue weighted by Gasteiger charge is 2.41. The van der Waals surface area contributed by atoms with Crippen molar-refractivity contribution >= 4 is 12.0 Å². The number of carbonyl (C=O) groups is 2. The number of nitrogens with zero attached hydrogens (tertiary/aromatic N) is 1. The Morgan fingerprint density at radius 2 is 1.61 bits per heavy atom. The number of alkyl carbamates (subject to hydrolysis) is 1. The van der Waals surface area contributed by atoms with Gasteiger partial charge in [-0.15, -0.1) is 0 Å². The molecule has 2 rings (SSSR count). The third kappa shape index (κ3) is 5.71. The summed E-state index contributed by atoms with van der Waals surface area (Å²) in [6.45, 7) is 12.0. The molecule has 0 aromatic heterocycles. The lowest BCUT2D eigenvalue weighted by molar-refractivity contribution is -0.140. The third-order valence-corrected chi connectivity index (χ3v) is 4.99. The molecular formula is C22H34N2O4. The number of hydrogen-bond donors (Lipinski definition) is 2. The minimum Gasteiger partial charge on any atom is -0.444 e. The Kier molecular flexibility index (Phi) is 6.44. The number of nitrogens with one attached hydrogen (secondary N) is 1. The summed E-state index contributed by atoms with van der Waals surface area (Å²) in [5.41, 5.74) is -1.15. The quantitative estimate of drug-likeness (QED) is 0.829. The predicted octanol–water partition coefficient (Wildman–Crippen LogP) is 3.44. The van der Waals surface area contributed by atoms with Crippen LogP contribution in [0, 0.1) is 5.41 Å². The van der Waals surface area contributed by atoms with Crippen molar-refractivity contribution in [2.24, 2.45) is 5.41 Å². The van der Waals surface area contributed by atoms with Crippen LogP contribution in [-0.2, 0) is 15.1 Å².